The summed E-state index contributed by atoms with van der Waals surface area (Å²) in [4.78, 5) is 6.72. The summed E-state index contributed by atoms with van der Waals surface area (Å²) in [6.45, 7) is 5.26. The number of nitrogens with one attached hydrogen (secondary N) is 2. The van der Waals surface area contributed by atoms with E-state index in [1.165, 1.54) is 19.4 Å². The van der Waals surface area contributed by atoms with E-state index in [-0.39, 0.29) is 0 Å². The molecule has 25 heavy (non-hydrogen) atoms. The predicted molar refractivity (Wildman–Crippen MR) is 96.4 cm³/mol. The first-order valence-electron chi connectivity index (χ1n) is 8.80. The number of rotatable bonds is 8. The smallest absolute Gasteiger partial charge is 0.272 e. The molecule has 0 aromatic heterocycles. The minimum Gasteiger partial charge on any atom is -0.488 e. The molecule has 1 aliphatic heterocycles. The Morgan fingerprint density at radius 2 is 2.24 bits per heavy atom. The van der Waals surface area contributed by atoms with Crippen molar-refractivity contribution in [2.45, 2.75) is 38.8 Å². The maximum atomic E-state index is 12.2. The fraction of sp³-hybridized carbons (Fsp3) is 0.611. The Morgan fingerprint density at radius 3 is 2.96 bits per heavy atom. The summed E-state index contributed by atoms with van der Waals surface area (Å²) in [5.74, 6) is 1.19. The number of hydrogen-bond donors (Lipinski definition) is 2. The molecule has 7 heteroatoms. The number of ether oxygens (including phenoxy) is 1. The van der Waals surface area contributed by atoms with Crippen LogP contribution in [0.1, 0.15) is 25.3 Å². The van der Waals surface area contributed by atoms with Gasteiger partial charge >= 0.3 is 0 Å². The number of alkyl halides is 2. The molecule has 2 N–H and O–H groups in total. The van der Waals surface area contributed by atoms with E-state index in [1.54, 1.807) is 25.2 Å². The van der Waals surface area contributed by atoms with Crippen molar-refractivity contribution in [3.05, 3.63) is 29.8 Å². The Balaban J connectivity index is 1.79. The van der Waals surface area contributed by atoms with Gasteiger partial charge in [0.05, 0.1) is 0 Å². The Bertz CT molecular complexity index is 554. The largest absolute Gasteiger partial charge is 0.488 e. The van der Waals surface area contributed by atoms with Gasteiger partial charge in [-0.2, -0.15) is 0 Å². The van der Waals surface area contributed by atoms with Crippen LogP contribution < -0.4 is 15.4 Å². The van der Waals surface area contributed by atoms with Crippen molar-refractivity contribution in [1.29, 1.82) is 0 Å². The van der Waals surface area contributed by atoms with Gasteiger partial charge in [-0.05, 0) is 43.6 Å². The monoisotopic (exact) mass is 354 g/mol. The zero-order valence-electron chi connectivity index (χ0n) is 15.0. The maximum absolute atomic E-state index is 12.2. The number of halogens is 2. The molecular weight excluding hydrogens is 326 g/mol. The molecule has 0 saturated carbocycles. The molecule has 1 unspecified atom stereocenters. The third-order valence-electron chi connectivity index (χ3n) is 4.37. The van der Waals surface area contributed by atoms with E-state index in [9.17, 15) is 8.78 Å². The molecule has 0 aliphatic carbocycles. The van der Waals surface area contributed by atoms with Crippen LogP contribution in [0.25, 0.3) is 0 Å². The van der Waals surface area contributed by atoms with Crippen molar-refractivity contribution in [2.24, 2.45) is 4.99 Å². The topological polar surface area (TPSA) is 48.9 Å². The Morgan fingerprint density at radius 1 is 1.40 bits per heavy atom. The highest BCUT2D eigenvalue weighted by Gasteiger charge is 2.22. The van der Waals surface area contributed by atoms with E-state index in [0.29, 0.717) is 18.3 Å². The van der Waals surface area contributed by atoms with Gasteiger partial charge in [-0.15, -0.1) is 0 Å². The van der Waals surface area contributed by atoms with Gasteiger partial charge < -0.3 is 15.4 Å². The van der Waals surface area contributed by atoms with Gasteiger partial charge in [-0.1, -0.05) is 19.1 Å². The second-order valence-corrected chi connectivity index (χ2v) is 6.08. The highest BCUT2D eigenvalue weighted by Crippen LogP contribution is 2.16. The summed E-state index contributed by atoms with van der Waals surface area (Å²) in [6.07, 6.45) is -0.0120. The van der Waals surface area contributed by atoms with Crippen LogP contribution in [0.2, 0.25) is 0 Å². The van der Waals surface area contributed by atoms with Gasteiger partial charge in [0.25, 0.3) is 6.43 Å². The van der Waals surface area contributed by atoms with Gasteiger partial charge in [0.2, 0.25) is 0 Å². The molecule has 140 valence electrons. The van der Waals surface area contributed by atoms with Crippen LogP contribution in [0.15, 0.2) is 29.3 Å². The Hall–Kier alpha value is -1.89. The van der Waals surface area contributed by atoms with Crippen molar-refractivity contribution < 1.29 is 13.5 Å². The number of aliphatic imine (C=N–C) groups is 1. The van der Waals surface area contributed by atoms with E-state index >= 15 is 0 Å². The molecule has 1 atom stereocenters. The normalized spacial score (nSPS) is 18.6. The molecule has 1 aromatic carbocycles. The first-order valence-corrected chi connectivity index (χ1v) is 8.80. The third kappa shape index (κ3) is 6.49. The van der Waals surface area contributed by atoms with Crippen LogP contribution >= 0.6 is 0 Å². The SMILES string of the molecule is CCN1CCCC1CNC(=NC)NCc1cccc(OCC(F)F)c1. The van der Waals surface area contributed by atoms with E-state index in [1.807, 2.05) is 6.07 Å². The standard InChI is InChI=1S/C18H28F2N4O/c1-3-24-9-5-7-15(24)12-23-18(21-2)22-11-14-6-4-8-16(10-14)25-13-17(19)20/h4,6,8,10,15,17H,3,5,7,9,11-13H2,1-2H3,(H2,21,22,23). The lowest BCUT2D eigenvalue weighted by atomic mass is 10.2. The quantitative estimate of drug-likeness (QED) is 0.556. The average molecular weight is 354 g/mol. The van der Waals surface area contributed by atoms with Gasteiger partial charge in [0, 0.05) is 26.2 Å². The number of likely N-dealkylation sites (N-methyl/N-ethyl adjacent to an activating group) is 1. The third-order valence-corrected chi connectivity index (χ3v) is 4.37. The van der Waals surface area contributed by atoms with Crippen LogP contribution in [0.3, 0.4) is 0 Å². The van der Waals surface area contributed by atoms with E-state index in [4.69, 9.17) is 4.74 Å². The Labute approximate surface area is 148 Å². The van der Waals surface area contributed by atoms with Crippen molar-refractivity contribution in [1.82, 2.24) is 15.5 Å². The summed E-state index contributed by atoms with van der Waals surface area (Å²) in [5, 5.41) is 6.62. The van der Waals surface area contributed by atoms with Crippen LogP contribution in [0, 0.1) is 0 Å². The molecule has 0 radical (unpaired) electrons. The molecule has 1 heterocycles. The minimum absolute atomic E-state index is 0.451. The minimum atomic E-state index is -2.47. The van der Waals surface area contributed by atoms with E-state index in [0.717, 1.165) is 24.6 Å². The fourth-order valence-corrected chi connectivity index (χ4v) is 3.07. The highest BCUT2D eigenvalue weighted by atomic mass is 19.3. The molecule has 1 saturated heterocycles. The highest BCUT2D eigenvalue weighted by molar-refractivity contribution is 5.79. The average Bonchev–Trinajstić information content (AvgIpc) is 3.08. The van der Waals surface area contributed by atoms with Gasteiger partial charge in [-0.3, -0.25) is 9.89 Å². The summed E-state index contributed by atoms with van der Waals surface area (Å²) >= 11 is 0. The van der Waals surface area contributed by atoms with Crippen molar-refractivity contribution in [3.8, 4) is 5.75 Å². The Kier molecular flexibility index (Phi) is 7.91. The van der Waals surface area contributed by atoms with Gasteiger partial charge in [0.15, 0.2) is 5.96 Å². The lowest BCUT2D eigenvalue weighted by Gasteiger charge is -2.24. The lowest BCUT2D eigenvalue weighted by molar-refractivity contribution is 0.0818. The molecule has 1 aliphatic rings. The number of nitrogens with zero attached hydrogens (tertiary/aromatic N) is 2. The second kappa shape index (κ2) is 10.2. The number of benzene rings is 1. The zero-order valence-corrected chi connectivity index (χ0v) is 15.0. The predicted octanol–water partition coefficient (Wildman–Crippen LogP) is 2.48. The first-order chi connectivity index (χ1) is 12.1. The molecule has 1 aromatic rings. The van der Waals surface area contributed by atoms with Crippen molar-refractivity contribution in [2.75, 3.05) is 33.3 Å². The van der Waals surface area contributed by atoms with E-state index in [2.05, 4.69) is 27.4 Å². The number of hydrogen-bond acceptors (Lipinski definition) is 3. The number of likely N-dealkylation sites (tertiary alicyclic amines) is 1. The molecule has 2 rings (SSSR count). The lowest BCUT2D eigenvalue weighted by Crippen LogP contribution is -2.44. The number of guanidine groups is 1. The molecule has 0 amide bonds. The first kappa shape index (κ1) is 19.4. The van der Waals surface area contributed by atoms with Crippen molar-refractivity contribution in [3.63, 3.8) is 0 Å². The van der Waals surface area contributed by atoms with Crippen LogP contribution in [-0.4, -0.2) is 56.6 Å². The van der Waals surface area contributed by atoms with Gasteiger partial charge in [-0.25, -0.2) is 8.78 Å². The zero-order chi connectivity index (χ0) is 18.1. The molecule has 0 bridgehead atoms. The summed E-state index contributed by atoms with van der Waals surface area (Å²) in [5.41, 5.74) is 0.950. The molecule has 1 fully saturated rings. The molecule has 0 spiro atoms. The second-order valence-electron chi connectivity index (χ2n) is 6.08. The fourth-order valence-electron chi connectivity index (χ4n) is 3.07. The van der Waals surface area contributed by atoms with Gasteiger partial charge in [0.1, 0.15) is 12.4 Å². The maximum Gasteiger partial charge on any atom is 0.272 e. The van der Waals surface area contributed by atoms with E-state index < -0.39 is 13.0 Å². The van der Waals surface area contributed by atoms with Crippen LogP contribution in [-0.2, 0) is 6.54 Å². The summed E-state index contributed by atoms with van der Waals surface area (Å²) < 4.78 is 29.5. The summed E-state index contributed by atoms with van der Waals surface area (Å²) in [7, 11) is 1.74. The van der Waals surface area contributed by atoms with Crippen molar-refractivity contribution >= 4 is 5.96 Å². The molecular formula is C18H28F2N4O. The summed E-state index contributed by atoms with van der Waals surface area (Å²) in [6, 6.07) is 7.71. The molecule has 5 nitrogen and oxygen atoms in total. The van der Waals surface area contributed by atoms with Crippen LogP contribution in [0.4, 0.5) is 8.78 Å². The van der Waals surface area contributed by atoms with Crippen LogP contribution in [0.5, 0.6) is 5.75 Å².